The first-order valence-corrected chi connectivity index (χ1v) is 14.8. The van der Waals surface area contributed by atoms with Crippen molar-refractivity contribution < 1.29 is 28.6 Å². The number of fused-ring (bicyclic) bond motifs is 1. The summed E-state index contributed by atoms with van der Waals surface area (Å²) in [4.78, 5) is 44.0. The number of hydrogen-bond donors (Lipinski definition) is 0. The van der Waals surface area contributed by atoms with Gasteiger partial charge in [-0.2, -0.15) is 5.10 Å². The topological polar surface area (TPSA) is 106 Å². The number of imide groups is 1. The number of aromatic nitrogens is 2. The molecule has 0 N–H and O–H groups in total. The van der Waals surface area contributed by atoms with E-state index in [1.165, 1.54) is 4.90 Å². The van der Waals surface area contributed by atoms with E-state index in [0.29, 0.717) is 35.2 Å². The van der Waals surface area contributed by atoms with Gasteiger partial charge in [-0.1, -0.05) is 0 Å². The zero-order valence-electron chi connectivity index (χ0n) is 25.8. The number of benzene rings is 1. The van der Waals surface area contributed by atoms with Crippen LogP contribution in [0.25, 0.3) is 5.52 Å². The highest BCUT2D eigenvalue weighted by Gasteiger charge is 2.35. The minimum Gasteiger partial charge on any atom is -0.497 e. The number of nitrogens with zero attached hydrogens (tertiary/aromatic N) is 5. The highest BCUT2D eigenvalue weighted by Crippen LogP contribution is 2.32. The van der Waals surface area contributed by atoms with Crippen molar-refractivity contribution in [2.45, 2.75) is 71.6 Å². The second-order valence-corrected chi connectivity index (χ2v) is 12.4. The molecule has 0 spiro atoms. The van der Waals surface area contributed by atoms with Gasteiger partial charge in [-0.05, 0) is 82.7 Å². The van der Waals surface area contributed by atoms with Crippen LogP contribution >= 0.6 is 0 Å². The molecule has 0 radical (unpaired) electrons. The summed E-state index contributed by atoms with van der Waals surface area (Å²) in [6.07, 6.45) is 6.16. The highest BCUT2D eigenvalue weighted by atomic mass is 16.6. The second kappa shape index (κ2) is 12.1. The van der Waals surface area contributed by atoms with Gasteiger partial charge < -0.3 is 19.1 Å². The van der Waals surface area contributed by atoms with Gasteiger partial charge in [0.2, 0.25) is 5.91 Å². The van der Waals surface area contributed by atoms with Crippen molar-refractivity contribution in [3.63, 3.8) is 0 Å². The van der Waals surface area contributed by atoms with Gasteiger partial charge in [-0.3, -0.25) is 14.6 Å². The van der Waals surface area contributed by atoms with E-state index in [1.807, 2.05) is 31.9 Å². The van der Waals surface area contributed by atoms with Crippen molar-refractivity contribution in [3.05, 3.63) is 53.9 Å². The van der Waals surface area contributed by atoms with Crippen molar-refractivity contribution in [3.8, 4) is 11.5 Å². The van der Waals surface area contributed by atoms with E-state index in [-0.39, 0.29) is 37.6 Å². The van der Waals surface area contributed by atoms with E-state index in [9.17, 15) is 14.4 Å². The number of hydrogen-bond acceptors (Lipinski definition) is 7. The lowest BCUT2D eigenvalue weighted by atomic mass is 9.87. The molecule has 5 rings (SSSR count). The lowest BCUT2D eigenvalue weighted by molar-refractivity contribution is -0.129. The van der Waals surface area contributed by atoms with Gasteiger partial charge in [0, 0.05) is 43.4 Å². The molecule has 3 aromatic rings. The average molecular weight is 592 g/mol. The van der Waals surface area contributed by atoms with Crippen molar-refractivity contribution in [1.29, 1.82) is 0 Å². The maximum absolute atomic E-state index is 13.7. The van der Waals surface area contributed by atoms with Crippen LogP contribution in [0.4, 0.5) is 15.3 Å². The molecule has 0 aliphatic carbocycles. The van der Waals surface area contributed by atoms with Crippen molar-refractivity contribution in [2.24, 2.45) is 5.92 Å². The number of methoxy groups -OCH3 is 2. The molecule has 2 atom stereocenters. The molecule has 1 aromatic carbocycles. The average Bonchev–Trinajstić information content (AvgIpc) is 3.37. The lowest BCUT2D eigenvalue weighted by Crippen LogP contribution is -2.52. The van der Waals surface area contributed by atoms with E-state index >= 15 is 0 Å². The van der Waals surface area contributed by atoms with Crippen LogP contribution in [0.3, 0.4) is 0 Å². The third kappa shape index (κ3) is 6.55. The van der Waals surface area contributed by atoms with Crippen LogP contribution in [-0.2, 0) is 22.5 Å². The molecule has 2 aromatic heterocycles. The number of urea groups is 1. The number of carbonyl (C=O) groups excluding carboxylic acids is 3. The molecule has 2 aliphatic heterocycles. The van der Waals surface area contributed by atoms with Gasteiger partial charge in [-0.25, -0.2) is 14.1 Å². The normalized spacial score (nSPS) is 19.6. The number of piperidine rings is 1. The Hall–Kier alpha value is -4.28. The molecule has 4 amide bonds. The van der Waals surface area contributed by atoms with Gasteiger partial charge in [0.15, 0.2) is 0 Å². The van der Waals surface area contributed by atoms with Crippen LogP contribution in [0.2, 0.25) is 0 Å². The first-order chi connectivity index (χ1) is 20.5. The molecule has 230 valence electrons. The Kier molecular flexibility index (Phi) is 8.52. The SMILES string of the molecule is COc1ccc(CN2C(=O)CCN(c3cnn4ccc(C[C@@H]5CCN(C(=O)OC(C)(C)C)[C@@H](C)C5)cc34)C2=O)c(OC)c1. The third-order valence-corrected chi connectivity index (χ3v) is 8.13. The maximum atomic E-state index is 13.7. The number of ether oxygens (including phenoxy) is 3. The van der Waals surface area contributed by atoms with Crippen LogP contribution in [0.15, 0.2) is 42.7 Å². The summed E-state index contributed by atoms with van der Waals surface area (Å²) in [7, 11) is 3.12. The van der Waals surface area contributed by atoms with E-state index in [2.05, 4.69) is 24.2 Å². The molecule has 0 unspecified atom stereocenters. The predicted molar refractivity (Wildman–Crippen MR) is 161 cm³/mol. The fourth-order valence-corrected chi connectivity index (χ4v) is 5.95. The largest absolute Gasteiger partial charge is 0.497 e. The summed E-state index contributed by atoms with van der Waals surface area (Å²) in [6, 6.07) is 9.15. The zero-order chi connectivity index (χ0) is 30.9. The molecular formula is C32H41N5O6. The van der Waals surface area contributed by atoms with E-state index in [0.717, 1.165) is 30.3 Å². The number of rotatable bonds is 7. The second-order valence-electron chi connectivity index (χ2n) is 12.4. The van der Waals surface area contributed by atoms with Crippen LogP contribution in [0.1, 0.15) is 58.1 Å². The Balaban J connectivity index is 1.31. The number of pyridine rings is 1. The van der Waals surface area contributed by atoms with Crippen LogP contribution in [0.5, 0.6) is 11.5 Å². The summed E-state index contributed by atoms with van der Waals surface area (Å²) in [5, 5.41) is 4.49. The molecule has 4 heterocycles. The molecule has 43 heavy (non-hydrogen) atoms. The Morgan fingerprint density at radius 1 is 1.07 bits per heavy atom. The molecule has 0 saturated carbocycles. The monoisotopic (exact) mass is 591 g/mol. The summed E-state index contributed by atoms with van der Waals surface area (Å²) >= 11 is 0. The molecular weight excluding hydrogens is 550 g/mol. The smallest absolute Gasteiger partial charge is 0.410 e. The number of amides is 4. The Morgan fingerprint density at radius 3 is 2.56 bits per heavy atom. The van der Waals surface area contributed by atoms with Crippen molar-refractivity contribution in [1.82, 2.24) is 19.4 Å². The van der Waals surface area contributed by atoms with Gasteiger partial charge in [0.25, 0.3) is 0 Å². The van der Waals surface area contributed by atoms with E-state index < -0.39 is 11.6 Å². The molecule has 2 fully saturated rings. The van der Waals surface area contributed by atoms with Gasteiger partial charge in [0.1, 0.15) is 17.1 Å². The zero-order valence-corrected chi connectivity index (χ0v) is 25.8. The third-order valence-electron chi connectivity index (χ3n) is 8.13. The fourth-order valence-electron chi connectivity index (χ4n) is 5.95. The minimum atomic E-state index is -0.519. The first kappa shape index (κ1) is 30.2. The molecule has 2 saturated heterocycles. The highest BCUT2D eigenvalue weighted by molar-refractivity contribution is 6.07. The first-order valence-electron chi connectivity index (χ1n) is 14.8. The van der Waals surface area contributed by atoms with Crippen LogP contribution in [-0.4, -0.2) is 76.4 Å². The fraction of sp³-hybridized carbons (Fsp3) is 0.500. The summed E-state index contributed by atoms with van der Waals surface area (Å²) in [5.74, 6) is 1.35. The predicted octanol–water partition coefficient (Wildman–Crippen LogP) is 5.29. The quantitative estimate of drug-likeness (QED) is 0.368. The van der Waals surface area contributed by atoms with Gasteiger partial charge in [-0.15, -0.1) is 0 Å². The van der Waals surface area contributed by atoms with Gasteiger partial charge in [0.05, 0.1) is 38.2 Å². The standard InChI is InChI=1S/C32H41N5O6/c1-21-15-22(9-12-34(21)31(40)43-32(2,3)4)16-23-10-14-37-26(17-23)27(19-33-37)35-13-11-29(38)36(30(35)39)20-24-7-8-25(41-5)18-28(24)42-6/h7-8,10,14,17-19,21-22H,9,11-13,15-16,20H2,1-6H3/t21-,22+/m0/s1. The van der Waals surface area contributed by atoms with E-state index in [1.54, 1.807) is 48.0 Å². The van der Waals surface area contributed by atoms with Crippen LogP contribution < -0.4 is 14.4 Å². The summed E-state index contributed by atoms with van der Waals surface area (Å²) in [6.45, 7) is 8.75. The van der Waals surface area contributed by atoms with E-state index in [4.69, 9.17) is 14.2 Å². The lowest BCUT2D eigenvalue weighted by Gasteiger charge is -2.38. The van der Waals surface area contributed by atoms with Gasteiger partial charge >= 0.3 is 12.1 Å². The summed E-state index contributed by atoms with van der Waals surface area (Å²) < 4.78 is 18.1. The maximum Gasteiger partial charge on any atom is 0.410 e. The number of anilines is 1. The summed E-state index contributed by atoms with van der Waals surface area (Å²) in [5.41, 5.74) is 2.80. The molecule has 11 heteroatoms. The molecule has 2 aliphatic rings. The Morgan fingerprint density at radius 2 is 1.86 bits per heavy atom. The van der Waals surface area contributed by atoms with Crippen molar-refractivity contribution in [2.75, 3.05) is 32.2 Å². The molecule has 0 bridgehead atoms. The number of likely N-dealkylation sites (tertiary alicyclic amines) is 1. The number of carbonyl (C=O) groups is 3. The Labute approximate surface area is 252 Å². The minimum absolute atomic E-state index is 0.0849. The molecule has 11 nitrogen and oxygen atoms in total. The Bertz CT molecular complexity index is 1510. The van der Waals surface area contributed by atoms with Crippen molar-refractivity contribution >= 4 is 29.2 Å². The van der Waals surface area contributed by atoms with Crippen LogP contribution in [0, 0.1) is 5.92 Å².